The Balaban J connectivity index is 1.70. The summed E-state index contributed by atoms with van der Waals surface area (Å²) in [5, 5.41) is 0. The molecule has 1 saturated heterocycles. The van der Waals surface area contributed by atoms with Crippen LogP contribution in [0.25, 0.3) is 0 Å². The van der Waals surface area contributed by atoms with Gasteiger partial charge in [0.05, 0.1) is 12.3 Å². The van der Waals surface area contributed by atoms with Crippen molar-refractivity contribution in [3.63, 3.8) is 0 Å². The fraction of sp³-hybridized carbons (Fsp3) is 0.333. The lowest BCUT2D eigenvalue weighted by molar-refractivity contribution is 0.0995. The normalized spacial score (nSPS) is 14.5. The molecule has 0 radical (unpaired) electrons. The zero-order valence-corrected chi connectivity index (χ0v) is 13.8. The molecular formula is C18H22N4O2. The quantitative estimate of drug-likeness (QED) is 0.909. The van der Waals surface area contributed by atoms with Crippen molar-refractivity contribution in [2.45, 2.75) is 6.92 Å². The van der Waals surface area contributed by atoms with Crippen molar-refractivity contribution in [1.82, 2.24) is 4.98 Å². The number of nitrogens with zero attached hydrogens (tertiary/aromatic N) is 3. The van der Waals surface area contributed by atoms with Gasteiger partial charge in [-0.05, 0) is 31.2 Å². The van der Waals surface area contributed by atoms with Crippen LogP contribution in [0.2, 0.25) is 0 Å². The van der Waals surface area contributed by atoms with Crippen LogP contribution < -0.4 is 20.3 Å². The lowest BCUT2D eigenvalue weighted by Crippen LogP contribution is -2.46. The van der Waals surface area contributed by atoms with Crippen LogP contribution in [0.5, 0.6) is 5.75 Å². The highest BCUT2D eigenvalue weighted by Gasteiger charge is 2.20. The van der Waals surface area contributed by atoms with E-state index in [1.807, 2.05) is 31.2 Å². The third kappa shape index (κ3) is 3.42. The number of ether oxygens (including phenoxy) is 1. The number of para-hydroxylation sites is 2. The van der Waals surface area contributed by atoms with Gasteiger partial charge in [-0.2, -0.15) is 0 Å². The summed E-state index contributed by atoms with van der Waals surface area (Å²) in [5.74, 6) is 0.425. The third-order valence-corrected chi connectivity index (χ3v) is 4.15. The molecule has 2 aromatic rings. The van der Waals surface area contributed by atoms with Crippen LogP contribution in [0.3, 0.4) is 0 Å². The average molecular weight is 326 g/mol. The minimum absolute atomic E-state index is 0.302. The summed E-state index contributed by atoms with van der Waals surface area (Å²) in [4.78, 5) is 19.9. The lowest BCUT2D eigenvalue weighted by atomic mass is 10.2. The number of primary amides is 1. The minimum atomic E-state index is -0.499. The number of nitrogens with two attached hydrogens (primary N) is 1. The Hall–Kier alpha value is -2.76. The second kappa shape index (κ2) is 7.21. The van der Waals surface area contributed by atoms with Gasteiger partial charge in [0.1, 0.15) is 11.4 Å². The van der Waals surface area contributed by atoms with Gasteiger partial charge in [-0.15, -0.1) is 0 Å². The molecule has 0 atom stereocenters. The van der Waals surface area contributed by atoms with Crippen LogP contribution in [0, 0.1) is 0 Å². The van der Waals surface area contributed by atoms with Crippen LogP contribution in [-0.4, -0.2) is 43.7 Å². The SMILES string of the molecule is CCOc1ccccc1N1CCN(c2ccnc(C(N)=O)c2)CC1. The third-order valence-electron chi connectivity index (χ3n) is 4.15. The molecule has 1 aliphatic rings. The molecule has 6 nitrogen and oxygen atoms in total. The number of rotatable bonds is 5. The van der Waals surface area contributed by atoms with Gasteiger partial charge in [0.25, 0.3) is 5.91 Å². The van der Waals surface area contributed by atoms with Crippen molar-refractivity contribution in [3.8, 4) is 5.75 Å². The van der Waals surface area contributed by atoms with Gasteiger partial charge in [0.2, 0.25) is 0 Å². The zero-order chi connectivity index (χ0) is 16.9. The minimum Gasteiger partial charge on any atom is -0.492 e. The summed E-state index contributed by atoms with van der Waals surface area (Å²) in [6, 6.07) is 11.8. The van der Waals surface area contributed by atoms with Crippen molar-refractivity contribution < 1.29 is 9.53 Å². The van der Waals surface area contributed by atoms with Crippen LogP contribution in [0.1, 0.15) is 17.4 Å². The van der Waals surface area contributed by atoms with Gasteiger partial charge >= 0.3 is 0 Å². The largest absolute Gasteiger partial charge is 0.492 e. The van der Waals surface area contributed by atoms with Gasteiger partial charge in [-0.1, -0.05) is 12.1 Å². The molecule has 6 heteroatoms. The van der Waals surface area contributed by atoms with Gasteiger partial charge in [0.15, 0.2) is 0 Å². The molecule has 1 aromatic carbocycles. The van der Waals surface area contributed by atoms with Crippen LogP contribution in [0.4, 0.5) is 11.4 Å². The predicted molar refractivity (Wildman–Crippen MR) is 94.8 cm³/mol. The Morgan fingerprint density at radius 3 is 2.58 bits per heavy atom. The molecule has 0 spiro atoms. The summed E-state index contributed by atoms with van der Waals surface area (Å²) < 4.78 is 5.73. The monoisotopic (exact) mass is 326 g/mol. The van der Waals surface area contributed by atoms with Crippen molar-refractivity contribution in [3.05, 3.63) is 48.3 Å². The average Bonchev–Trinajstić information content (AvgIpc) is 2.63. The maximum absolute atomic E-state index is 11.3. The molecule has 1 fully saturated rings. The first-order valence-corrected chi connectivity index (χ1v) is 8.16. The Kier molecular flexibility index (Phi) is 4.84. The molecule has 2 heterocycles. The Bertz CT molecular complexity index is 712. The Labute approximate surface area is 141 Å². The number of hydrogen-bond acceptors (Lipinski definition) is 5. The number of carbonyl (C=O) groups excluding carboxylic acids is 1. The topological polar surface area (TPSA) is 71.7 Å². The fourth-order valence-electron chi connectivity index (χ4n) is 2.95. The van der Waals surface area contributed by atoms with Crippen molar-refractivity contribution in [2.75, 3.05) is 42.6 Å². The van der Waals surface area contributed by atoms with E-state index in [1.54, 1.807) is 12.3 Å². The number of aromatic nitrogens is 1. The molecule has 0 unspecified atom stereocenters. The first-order valence-electron chi connectivity index (χ1n) is 8.16. The second-order valence-electron chi connectivity index (χ2n) is 5.64. The Morgan fingerprint density at radius 2 is 1.88 bits per heavy atom. The van der Waals surface area contributed by atoms with Gasteiger partial charge in [-0.25, -0.2) is 0 Å². The summed E-state index contributed by atoms with van der Waals surface area (Å²) in [6.45, 7) is 6.15. The zero-order valence-electron chi connectivity index (χ0n) is 13.8. The predicted octanol–water partition coefficient (Wildman–Crippen LogP) is 1.91. The van der Waals surface area contributed by atoms with Gasteiger partial charge in [0, 0.05) is 38.1 Å². The first kappa shape index (κ1) is 16.1. The highest BCUT2D eigenvalue weighted by Crippen LogP contribution is 2.29. The molecular weight excluding hydrogens is 304 g/mol. The van der Waals surface area contributed by atoms with E-state index in [0.29, 0.717) is 12.3 Å². The molecule has 3 rings (SSSR count). The van der Waals surface area contributed by atoms with E-state index in [9.17, 15) is 4.79 Å². The molecule has 2 N–H and O–H groups in total. The summed E-state index contributed by atoms with van der Waals surface area (Å²) in [7, 11) is 0. The smallest absolute Gasteiger partial charge is 0.267 e. The molecule has 0 bridgehead atoms. The number of benzene rings is 1. The molecule has 1 aliphatic heterocycles. The number of amides is 1. The van der Waals surface area contributed by atoms with E-state index < -0.39 is 5.91 Å². The molecule has 126 valence electrons. The second-order valence-corrected chi connectivity index (χ2v) is 5.64. The van der Waals surface area contributed by atoms with E-state index in [0.717, 1.165) is 43.3 Å². The highest BCUT2D eigenvalue weighted by atomic mass is 16.5. The van der Waals surface area contributed by atoms with E-state index in [2.05, 4.69) is 20.9 Å². The van der Waals surface area contributed by atoms with Crippen LogP contribution >= 0.6 is 0 Å². The van der Waals surface area contributed by atoms with Gasteiger partial charge in [-0.3, -0.25) is 9.78 Å². The number of pyridine rings is 1. The van der Waals surface area contributed by atoms with E-state index in [1.165, 1.54) is 0 Å². The van der Waals surface area contributed by atoms with E-state index >= 15 is 0 Å². The molecule has 0 saturated carbocycles. The number of hydrogen-bond donors (Lipinski definition) is 1. The van der Waals surface area contributed by atoms with E-state index in [4.69, 9.17) is 10.5 Å². The first-order chi connectivity index (χ1) is 11.7. The maximum atomic E-state index is 11.3. The van der Waals surface area contributed by atoms with Crippen LogP contribution in [-0.2, 0) is 0 Å². The van der Waals surface area contributed by atoms with Crippen molar-refractivity contribution in [2.24, 2.45) is 5.73 Å². The maximum Gasteiger partial charge on any atom is 0.267 e. The summed E-state index contributed by atoms with van der Waals surface area (Å²) >= 11 is 0. The number of piperazine rings is 1. The molecule has 1 amide bonds. The molecule has 24 heavy (non-hydrogen) atoms. The van der Waals surface area contributed by atoms with Crippen molar-refractivity contribution >= 4 is 17.3 Å². The highest BCUT2D eigenvalue weighted by molar-refractivity contribution is 5.91. The number of carbonyl (C=O) groups is 1. The molecule has 0 aliphatic carbocycles. The van der Waals surface area contributed by atoms with Gasteiger partial charge < -0.3 is 20.3 Å². The lowest BCUT2D eigenvalue weighted by Gasteiger charge is -2.37. The van der Waals surface area contributed by atoms with Crippen molar-refractivity contribution in [1.29, 1.82) is 0 Å². The number of anilines is 2. The Morgan fingerprint density at radius 1 is 1.17 bits per heavy atom. The standard InChI is InChI=1S/C18H22N4O2/c1-2-24-17-6-4-3-5-16(17)22-11-9-21(10-12-22)14-7-8-20-15(13-14)18(19)23/h3-8,13H,2,9-12H2,1H3,(H2,19,23). The molecule has 1 aromatic heterocycles. The summed E-state index contributed by atoms with van der Waals surface area (Å²) in [6.07, 6.45) is 1.63. The van der Waals surface area contributed by atoms with Crippen LogP contribution in [0.15, 0.2) is 42.6 Å². The van der Waals surface area contributed by atoms with E-state index in [-0.39, 0.29) is 0 Å². The fourth-order valence-corrected chi connectivity index (χ4v) is 2.95. The summed E-state index contributed by atoms with van der Waals surface area (Å²) in [5.41, 5.74) is 7.73.